The highest BCUT2D eigenvalue weighted by molar-refractivity contribution is 4.82. The van der Waals surface area contributed by atoms with Crippen molar-refractivity contribution >= 4 is 0 Å². The third-order valence-corrected chi connectivity index (χ3v) is 1.73. The van der Waals surface area contributed by atoms with Gasteiger partial charge in [-0.25, -0.2) is 0 Å². The molecule has 0 spiro atoms. The quantitative estimate of drug-likeness (QED) is 0.487. The molecule has 0 radical (unpaired) electrons. The van der Waals surface area contributed by atoms with Gasteiger partial charge in [0.05, 0.1) is 0 Å². The van der Waals surface area contributed by atoms with Crippen LogP contribution in [0.5, 0.6) is 0 Å². The summed E-state index contributed by atoms with van der Waals surface area (Å²) in [7, 11) is 0. The van der Waals surface area contributed by atoms with E-state index in [1.807, 2.05) is 13.8 Å². The second kappa shape index (κ2) is 12.4. The molecule has 11 heavy (non-hydrogen) atoms. The molecule has 1 aliphatic carbocycles. The van der Waals surface area contributed by atoms with E-state index in [2.05, 4.69) is 12.7 Å². The van der Waals surface area contributed by atoms with E-state index in [1.165, 1.54) is 25.7 Å². The monoisotopic (exact) mass is 158 g/mol. The highest BCUT2D eigenvalue weighted by Crippen LogP contribution is 2.24. The Labute approximate surface area is 73.7 Å². The van der Waals surface area contributed by atoms with E-state index < -0.39 is 0 Å². The highest BCUT2D eigenvalue weighted by atomic mass is 14.1. The van der Waals surface area contributed by atoms with Gasteiger partial charge in [0.2, 0.25) is 0 Å². The molecule has 0 unspecified atom stereocenters. The highest BCUT2D eigenvalue weighted by Gasteiger charge is 2.09. The topological polar surface area (TPSA) is 0 Å². The van der Waals surface area contributed by atoms with Crippen LogP contribution in [-0.4, -0.2) is 0 Å². The van der Waals surface area contributed by atoms with Crippen LogP contribution in [0.3, 0.4) is 0 Å². The van der Waals surface area contributed by atoms with Gasteiger partial charge in [-0.05, 0) is 18.8 Å². The Hall–Kier alpha value is -0.260. The fourth-order valence-electron chi connectivity index (χ4n) is 1.19. The number of hydrogen-bond donors (Lipinski definition) is 0. The molecule has 0 amide bonds. The van der Waals surface area contributed by atoms with Crippen LogP contribution in [0, 0.1) is 5.92 Å². The van der Waals surface area contributed by atoms with E-state index in [-0.39, 0.29) is 14.9 Å². The lowest BCUT2D eigenvalue weighted by Crippen LogP contribution is -1.81. The number of rotatable bonds is 1. The first kappa shape index (κ1) is 17.0. The molecule has 0 aromatic heterocycles. The van der Waals surface area contributed by atoms with Crippen LogP contribution in [0.1, 0.15) is 54.4 Å². The van der Waals surface area contributed by atoms with Crippen LogP contribution < -0.4 is 0 Å². The standard InChI is InChI=1S/C7H12.C2H6.2CH4/c1-2-7-5-3-4-6-7;1-2;;/h2,7H,1,3-6H2;1-2H3;2*1H4. The summed E-state index contributed by atoms with van der Waals surface area (Å²) in [6.45, 7) is 7.74. The van der Waals surface area contributed by atoms with Crippen LogP contribution in [0.4, 0.5) is 0 Å². The predicted molar refractivity (Wildman–Crippen MR) is 57.0 cm³/mol. The molecule has 1 rings (SSSR count). The van der Waals surface area contributed by atoms with E-state index in [1.54, 1.807) is 0 Å². The fraction of sp³-hybridized carbons (Fsp3) is 0.818. The van der Waals surface area contributed by atoms with Crippen molar-refractivity contribution in [3.63, 3.8) is 0 Å². The molecule has 0 aliphatic heterocycles. The van der Waals surface area contributed by atoms with Crippen LogP contribution in [0.25, 0.3) is 0 Å². The maximum Gasteiger partial charge on any atom is -0.0236 e. The first-order valence-electron chi connectivity index (χ1n) is 4.06. The van der Waals surface area contributed by atoms with Crippen molar-refractivity contribution in [2.75, 3.05) is 0 Å². The minimum absolute atomic E-state index is 0. The zero-order valence-electron chi connectivity index (χ0n) is 6.69. The Morgan fingerprint density at radius 3 is 1.64 bits per heavy atom. The molecule has 0 saturated heterocycles. The van der Waals surface area contributed by atoms with Gasteiger partial charge in [-0.2, -0.15) is 0 Å². The molecular weight excluding hydrogens is 132 g/mol. The van der Waals surface area contributed by atoms with Crippen LogP contribution in [0.15, 0.2) is 12.7 Å². The predicted octanol–water partition coefficient (Wildman–Crippen LogP) is 4.66. The van der Waals surface area contributed by atoms with Gasteiger partial charge in [-0.3, -0.25) is 0 Å². The Balaban J connectivity index is -0.000000149. The molecule has 0 atom stereocenters. The molecule has 0 aromatic rings. The first-order valence-corrected chi connectivity index (χ1v) is 4.06. The summed E-state index contributed by atoms with van der Waals surface area (Å²) in [5.41, 5.74) is 0. The normalized spacial score (nSPS) is 15.1. The smallest absolute Gasteiger partial charge is 0.0236 e. The lowest BCUT2D eigenvalue weighted by molar-refractivity contribution is 0.688. The van der Waals surface area contributed by atoms with Crippen molar-refractivity contribution in [3.05, 3.63) is 12.7 Å². The second-order valence-electron chi connectivity index (χ2n) is 2.28. The SMILES string of the molecule is C.C.C=CC1CCCC1.CC. The Bertz CT molecular complexity index is 58.4. The zero-order chi connectivity index (χ0) is 7.11. The van der Waals surface area contributed by atoms with Gasteiger partial charge >= 0.3 is 0 Å². The minimum Gasteiger partial charge on any atom is -0.103 e. The Morgan fingerprint density at radius 2 is 1.45 bits per heavy atom. The summed E-state index contributed by atoms with van der Waals surface area (Å²) in [6.07, 6.45) is 7.73. The lowest BCUT2D eigenvalue weighted by Gasteiger charge is -1.94. The van der Waals surface area contributed by atoms with Crippen molar-refractivity contribution in [1.29, 1.82) is 0 Å². The summed E-state index contributed by atoms with van der Waals surface area (Å²) in [6, 6.07) is 0. The largest absolute Gasteiger partial charge is 0.103 e. The van der Waals surface area contributed by atoms with Crippen LogP contribution in [0.2, 0.25) is 0 Å². The number of allylic oxidation sites excluding steroid dienone is 1. The van der Waals surface area contributed by atoms with E-state index in [9.17, 15) is 0 Å². The summed E-state index contributed by atoms with van der Waals surface area (Å²) in [5, 5.41) is 0. The van der Waals surface area contributed by atoms with Gasteiger partial charge in [-0.15, -0.1) is 6.58 Å². The van der Waals surface area contributed by atoms with Crippen LogP contribution in [-0.2, 0) is 0 Å². The van der Waals surface area contributed by atoms with Gasteiger partial charge < -0.3 is 0 Å². The first-order chi connectivity index (χ1) is 4.43. The van der Waals surface area contributed by atoms with Gasteiger partial charge in [0.15, 0.2) is 0 Å². The van der Waals surface area contributed by atoms with E-state index in [4.69, 9.17) is 0 Å². The maximum atomic E-state index is 3.74. The summed E-state index contributed by atoms with van der Waals surface area (Å²) in [5.74, 6) is 0.861. The van der Waals surface area contributed by atoms with E-state index >= 15 is 0 Å². The molecule has 0 nitrogen and oxygen atoms in total. The molecule has 0 aromatic carbocycles. The zero-order valence-corrected chi connectivity index (χ0v) is 6.69. The maximum absolute atomic E-state index is 3.74. The van der Waals surface area contributed by atoms with Crippen molar-refractivity contribution in [2.45, 2.75) is 54.4 Å². The molecule has 70 valence electrons. The molecule has 0 heterocycles. The van der Waals surface area contributed by atoms with Gasteiger partial charge in [0, 0.05) is 0 Å². The second-order valence-corrected chi connectivity index (χ2v) is 2.28. The number of hydrogen-bond acceptors (Lipinski definition) is 0. The van der Waals surface area contributed by atoms with Gasteiger partial charge in [0.1, 0.15) is 0 Å². The fourth-order valence-corrected chi connectivity index (χ4v) is 1.19. The Morgan fingerprint density at radius 1 is 1.09 bits per heavy atom. The van der Waals surface area contributed by atoms with Crippen molar-refractivity contribution in [1.82, 2.24) is 0 Å². The van der Waals surface area contributed by atoms with Crippen molar-refractivity contribution in [2.24, 2.45) is 5.92 Å². The summed E-state index contributed by atoms with van der Waals surface area (Å²) >= 11 is 0. The lowest BCUT2D eigenvalue weighted by atomic mass is 10.1. The molecule has 0 heteroatoms. The third-order valence-electron chi connectivity index (χ3n) is 1.73. The Kier molecular flexibility index (Phi) is 19.2. The summed E-state index contributed by atoms with van der Waals surface area (Å²) < 4.78 is 0. The van der Waals surface area contributed by atoms with Crippen molar-refractivity contribution in [3.8, 4) is 0 Å². The average molecular weight is 158 g/mol. The molecule has 0 N–H and O–H groups in total. The van der Waals surface area contributed by atoms with Gasteiger partial charge in [-0.1, -0.05) is 47.6 Å². The van der Waals surface area contributed by atoms with Crippen LogP contribution >= 0.6 is 0 Å². The van der Waals surface area contributed by atoms with Gasteiger partial charge in [0.25, 0.3) is 0 Å². The molecule has 0 bridgehead atoms. The third kappa shape index (κ3) is 7.64. The van der Waals surface area contributed by atoms with E-state index in [0.717, 1.165) is 5.92 Å². The molecule has 1 saturated carbocycles. The molecule has 1 fully saturated rings. The minimum atomic E-state index is 0. The summed E-state index contributed by atoms with van der Waals surface area (Å²) in [4.78, 5) is 0. The molecular formula is C11H26. The molecule has 1 aliphatic rings. The van der Waals surface area contributed by atoms with Crippen molar-refractivity contribution < 1.29 is 0 Å². The average Bonchev–Trinajstić information content (AvgIpc) is 2.43. The van der Waals surface area contributed by atoms with E-state index in [0.29, 0.717) is 0 Å².